The number of ether oxygens (including phenoxy) is 1. The summed E-state index contributed by atoms with van der Waals surface area (Å²) in [6, 6.07) is 6.54. The van der Waals surface area contributed by atoms with Crippen molar-refractivity contribution in [2.45, 2.75) is 0 Å². The average molecular weight is 394 g/mol. The van der Waals surface area contributed by atoms with E-state index in [0.717, 1.165) is 12.1 Å². The summed E-state index contributed by atoms with van der Waals surface area (Å²) in [4.78, 5) is 38.0. The van der Waals surface area contributed by atoms with Crippen LogP contribution in [0, 0.1) is 0 Å². The molecule has 0 fully saturated rings. The molecule has 0 atom stereocenters. The summed E-state index contributed by atoms with van der Waals surface area (Å²) in [5, 5.41) is 41.0. The number of hydrogen-bond donors (Lipinski definition) is 4. The van der Waals surface area contributed by atoms with Gasteiger partial charge in [0.1, 0.15) is 29.6 Å². The Morgan fingerprint density at radius 3 is 2.31 bits per heavy atom. The van der Waals surface area contributed by atoms with E-state index in [9.17, 15) is 29.7 Å². The highest BCUT2D eigenvalue weighted by molar-refractivity contribution is 6.33. The number of phenols is 3. The van der Waals surface area contributed by atoms with Gasteiger partial charge in [-0.3, -0.25) is 14.4 Å². The quantitative estimate of drug-likeness (QED) is 0.305. The number of fused-ring (bicyclic) bond motifs is 3. The molecular formula is C21H14O8. The summed E-state index contributed by atoms with van der Waals surface area (Å²) < 4.78 is 5.19. The number of hydrogen-bond acceptors (Lipinski definition) is 8. The zero-order valence-electron chi connectivity index (χ0n) is 15.0. The zero-order valence-corrected chi connectivity index (χ0v) is 15.0. The first-order valence-electron chi connectivity index (χ1n) is 8.46. The first kappa shape index (κ1) is 18.5. The van der Waals surface area contributed by atoms with Gasteiger partial charge in [-0.1, -0.05) is 12.1 Å². The number of aromatic hydroxyl groups is 3. The van der Waals surface area contributed by atoms with Crippen molar-refractivity contribution in [2.24, 2.45) is 0 Å². The lowest BCUT2D eigenvalue weighted by Gasteiger charge is -2.22. The van der Waals surface area contributed by atoms with E-state index in [4.69, 9.17) is 9.84 Å². The zero-order chi connectivity index (χ0) is 21.0. The van der Waals surface area contributed by atoms with Crippen molar-refractivity contribution >= 4 is 28.1 Å². The van der Waals surface area contributed by atoms with Crippen molar-refractivity contribution in [3.8, 4) is 23.0 Å². The Morgan fingerprint density at radius 2 is 1.66 bits per heavy atom. The molecular weight excluding hydrogens is 380 g/mol. The van der Waals surface area contributed by atoms with Gasteiger partial charge in [-0.15, -0.1) is 0 Å². The van der Waals surface area contributed by atoms with Gasteiger partial charge in [0.05, 0.1) is 29.2 Å². The van der Waals surface area contributed by atoms with Gasteiger partial charge in [0.2, 0.25) is 5.78 Å². The third kappa shape index (κ3) is 2.39. The van der Waals surface area contributed by atoms with Crippen LogP contribution >= 0.6 is 0 Å². The second-order valence-electron chi connectivity index (χ2n) is 6.49. The lowest BCUT2D eigenvalue weighted by atomic mass is 9.80. The maximum atomic E-state index is 13.1. The Kier molecular flexibility index (Phi) is 4.02. The van der Waals surface area contributed by atoms with E-state index in [1.54, 1.807) is 6.07 Å². The first-order valence-corrected chi connectivity index (χ1v) is 8.46. The minimum Gasteiger partial charge on any atom is -0.507 e. The van der Waals surface area contributed by atoms with E-state index in [1.807, 2.05) is 0 Å². The van der Waals surface area contributed by atoms with E-state index in [1.165, 1.54) is 19.2 Å². The van der Waals surface area contributed by atoms with Crippen molar-refractivity contribution in [3.63, 3.8) is 0 Å². The van der Waals surface area contributed by atoms with Gasteiger partial charge >= 0.3 is 0 Å². The van der Waals surface area contributed by atoms with Crippen LogP contribution in [-0.4, -0.2) is 51.5 Å². The largest absolute Gasteiger partial charge is 0.507 e. The number of rotatable bonds is 3. The van der Waals surface area contributed by atoms with Crippen molar-refractivity contribution in [1.29, 1.82) is 0 Å². The van der Waals surface area contributed by atoms with Gasteiger partial charge in [0.15, 0.2) is 11.6 Å². The number of Topliss-reactive ketones (excluding diaryl/α,β-unsaturated/α-hetero) is 1. The molecule has 4 rings (SSSR count). The highest BCUT2D eigenvalue weighted by Gasteiger charge is 2.39. The van der Waals surface area contributed by atoms with Crippen molar-refractivity contribution in [2.75, 3.05) is 13.7 Å². The second-order valence-corrected chi connectivity index (χ2v) is 6.49. The smallest absolute Gasteiger partial charge is 0.202 e. The number of carbonyl (C=O) groups is 3. The summed E-state index contributed by atoms with van der Waals surface area (Å²) in [5.41, 5.74) is -1.78. The molecule has 0 radical (unpaired) electrons. The van der Waals surface area contributed by atoms with Crippen LogP contribution < -0.4 is 4.74 Å². The predicted molar refractivity (Wildman–Crippen MR) is 100 cm³/mol. The van der Waals surface area contributed by atoms with Crippen LogP contribution in [0.1, 0.15) is 42.2 Å². The number of benzene rings is 3. The molecule has 4 N–H and O–H groups in total. The van der Waals surface area contributed by atoms with E-state index in [0.29, 0.717) is 0 Å². The lowest BCUT2D eigenvalue weighted by Crippen LogP contribution is -2.22. The van der Waals surface area contributed by atoms with E-state index in [-0.39, 0.29) is 27.6 Å². The molecule has 146 valence electrons. The third-order valence-electron chi connectivity index (χ3n) is 4.97. The fourth-order valence-corrected chi connectivity index (χ4v) is 3.64. The molecule has 0 saturated carbocycles. The van der Waals surface area contributed by atoms with Crippen LogP contribution in [0.4, 0.5) is 0 Å². The van der Waals surface area contributed by atoms with E-state index in [2.05, 4.69) is 0 Å². The summed E-state index contributed by atoms with van der Waals surface area (Å²) >= 11 is 0. The van der Waals surface area contributed by atoms with Gasteiger partial charge in [-0.2, -0.15) is 0 Å². The van der Waals surface area contributed by atoms with Crippen LogP contribution in [0.25, 0.3) is 10.8 Å². The molecule has 3 aromatic carbocycles. The van der Waals surface area contributed by atoms with Crippen LogP contribution in [0.5, 0.6) is 23.0 Å². The molecule has 0 aliphatic heterocycles. The summed E-state index contributed by atoms with van der Waals surface area (Å²) in [5.74, 6) is -4.08. The Hall–Kier alpha value is -3.91. The number of carbonyl (C=O) groups excluding carboxylic acids is 3. The molecule has 1 aliphatic rings. The Labute approximate surface area is 163 Å². The third-order valence-corrected chi connectivity index (χ3v) is 4.97. The highest BCUT2D eigenvalue weighted by atomic mass is 16.5. The Bertz CT molecular complexity index is 1260. The molecule has 8 nitrogen and oxygen atoms in total. The molecule has 0 heterocycles. The summed E-state index contributed by atoms with van der Waals surface area (Å²) in [7, 11) is 1.35. The number of ketones is 3. The predicted octanol–water partition coefficient (Wildman–Crippen LogP) is 1.92. The summed E-state index contributed by atoms with van der Waals surface area (Å²) in [6.45, 7) is -0.854. The standard InChI is InChI=1S/C21H14O8/c1-29-13-4-2-3-9-15(13)21(28)17-16(18(9)25)19(26)10-5-8(12(24)7-22)6-11(23)14(10)20(17)27/h2-6,22-23,25,28H,7H2,1H3. The molecule has 3 aromatic rings. The molecule has 29 heavy (non-hydrogen) atoms. The van der Waals surface area contributed by atoms with Crippen LogP contribution in [-0.2, 0) is 0 Å². The van der Waals surface area contributed by atoms with Crippen LogP contribution in [0.3, 0.4) is 0 Å². The van der Waals surface area contributed by atoms with Gasteiger partial charge in [-0.25, -0.2) is 0 Å². The van der Waals surface area contributed by atoms with Gasteiger partial charge in [0.25, 0.3) is 0 Å². The number of aliphatic hydroxyl groups is 1. The Morgan fingerprint density at radius 1 is 0.966 bits per heavy atom. The number of phenolic OH excluding ortho intramolecular Hbond substituents is 3. The lowest BCUT2D eigenvalue weighted by molar-refractivity contribution is 0.0902. The van der Waals surface area contributed by atoms with Gasteiger partial charge < -0.3 is 25.2 Å². The monoisotopic (exact) mass is 394 g/mol. The fourth-order valence-electron chi connectivity index (χ4n) is 3.64. The molecule has 0 unspecified atom stereocenters. The average Bonchev–Trinajstić information content (AvgIpc) is 2.72. The summed E-state index contributed by atoms with van der Waals surface area (Å²) in [6.07, 6.45) is 0. The highest BCUT2D eigenvalue weighted by Crippen LogP contribution is 2.48. The molecule has 1 aliphatic carbocycles. The van der Waals surface area contributed by atoms with Crippen LogP contribution in [0.2, 0.25) is 0 Å². The topological polar surface area (TPSA) is 141 Å². The molecule has 0 bridgehead atoms. The van der Waals surface area contributed by atoms with E-state index < -0.39 is 57.9 Å². The molecule has 0 aromatic heterocycles. The Balaban J connectivity index is 2.11. The van der Waals surface area contributed by atoms with Gasteiger partial charge in [0, 0.05) is 16.5 Å². The van der Waals surface area contributed by atoms with Crippen molar-refractivity contribution < 1.29 is 39.5 Å². The SMILES string of the molecule is COc1cccc2c(O)c3c(c(O)c12)C(=O)c1c(O)cc(C(=O)CO)cc1C3=O. The van der Waals surface area contributed by atoms with Crippen molar-refractivity contribution in [1.82, 2.24) is 0 Å². The number of aliphatic hydroxyl groups excluding tert-OH is 1. The first-order chi connectivity index (χ1) is 13.8. The maximum absolute atomic E-state index is 13.1. The number of methoxy groups -OCH3 is 1. The normalized spacial score (nSPS) is 12.6. The molecule has 0 amide bonds. The molecule has 0 saturated heterocycles. The maximum Gasteiger partial charge on any atom is 0.202 e. The van der Waals surface area contributed by atoms with Gasteiger partial charge in [-0.05, 0) is 18.2 Å². The van der Waals surface area contributed by atoms with E-state index >= 15 is 0 Å². The second kappa shape index (κ2) is 6.32. The van der Waals surface area contributed by atoms with Crippen molar-refractivity contribution in [3.05, 3.63) is 58.1 Å². The minimum atomic E-state index is -0.893. The minimum absolute atomic E-state index is 0.0439. The fraction of sp³-hybridized carbons (Fsp3) is 0.0952. The molecule has 8 heteroatoms. The molecule has 0 spiro atoms. The van der Waals surface area contributed by atoms with Crippen LogP contribution in [0.15, 0.2) is 30.3 Å².